The van der Waals surface area contributed by atoms with Gasteiger partial charge in [-0.25, -0.2) is 0 Å². The van der Waals surface area contributed by atoms with Crippen LogP contribution in [0.5, 0.6) is 0 Å². The van der Waals surface area contributed by atoms with Crippen LogP contribution in [-0.2, 0) is 4.79 Å². The van der Waals surface area contributed by atoms with E-state index in [9.17, 15) is 4.79 Å². The number of ketones is 1. The molecule has 0 aromatic rings. The van der Waals surface area contributed by atoms with E-state index in [4.69, 9.17) is 0 Å². The highest BCUT2D eigenvalue weighted by Crippen LogP contribution is 2.04. The molecule has 3 heteroatoms. The molecule has 1 heterocycles. The lowest BCUT2D eigenvalue weighted by molar-refractivity contribution is -0.118. The summed E-state index contributed by atoms with van der Waals surface area (Å²) in [5.74, 6) is 0.280. The summed E-state index contributed by atoms with van der Waals surface area (Å²) in [6, 6.07) is 0.176. The van der Waals surface area contributed by atoms with Crippen molar-refractivity contribution in [1.82, 2.24) is 5.32 Å². The Labute approximate surface area is 99.9 Å². The molecule has 0 bridgehead atoms. The molecule has 82 valence electrons. The van der Waals surface area contributed by atoms with E-state index in [1.54, 1.807) is 6.92 Å². The SMILES string of the molecule is CC.CC.CC(=O)C1CCCN1.I. The van der Waals surface area contributed by atoms with Gasteiger partial charge < -0.3 is 5.32 Å². The minimum absolute atomic E-state index is 0. The summed E-state index contributed by atoms with van der Waals surface area (Å²) >= 11 is 0. The fourth-order valence-corrected chi connectivity index (χ4v) is 1.03. The van der Waals surface area contributed by atoms with Crippen LogP contribution in [0, 0.1) is 0 Å². The number of rotatable bonds is 1. The molecule has 1 atom stereocenters. The third-order valence-electron chi connectivity index (χ3n) is 1.55. The van der Waals surface area contributed by atoms with E-state index < -0.39 is 0 Å². The van der Waals surface area contributed by atoms with Crippen LogP contribution in [0.3, 0.4) is 0 Å². The molecule has 13 heavy (non-hydrogen) atoms. The number of hydrogen-bond donors (Lipinski definition) is 1. The van der Waals surface area contributed by atoms with Gasteiger partial charge in [-0.15, -0.1) is 24.0 Å². The highest BCUT2D eigenvalue weighted by atomic mass is 127. The molecule has 1 fully saturated rings. The quantitative estimate of drug-likeness (QED) is 0.754. The summed E-state index contributed by atoms with van der Waals surface area (Å²) < 4.78 is 0. The van der Waals surface area contributed by atoms with E-state index in [1.807, 2.05) is 27.7 Å². The highest BCUT2D eigenvalue weighted by molar-refractivity contribution is 14.0. The monoisotopic (exact) mass is 301 g/mol. The molecule has 0 spiro atoms. The van der Waals surface area contributed by atoms with Gasteiger partial charge in [0.15, 0.2) is 0 Å². The first-order valence-electron chi connectivity index (χ1n) is 5.04. The molecular weight excluding hydrogens is 277 g/mol. The van der Waals surface area contributed by atoms with Crippen LogP contribution in [0.4, 0.5) is 0 Å². The standard InChI is InChI=1S/C6H11NO.2C2H6.HI/c1-5(8)6-3-2-4-7-6;2*1-2;/h6-7H,2-4H2,1H3;2*1-2H3;1H. The van der Waals surface area contributed by atoms with Crippen molar-refractivity contribution in [3.8, 4) is 0 Å². The Balaban J connectivity index is -0.000000178. The third-order valence-corrected chi connectivity index (χ3v) is 1.55. The van der Waals surface area contributed by atoms with Gasteiger partial charge in [-0.1, -0.05) is 27.7 Å². The van der Waals surface area contributed by atoms with Gasteiger partial charge in [0.25, 0.3) is 0 Å². The Kier molecular flexibility index (Phi) is 21.7. The lowest BCUT2D eigenvalue weighted by Crippen LogP contribution is -2.28. The molecule has 0 aromatic heterocycles. The second-order valence-corrected chi connectivity index (χ2v) is 2.26. The average molecular weight is 301 g/mol. The van der Waals surface area contributed by atoms with E-state index in [-0.39, 0.29) is 35.8 Å². The second-order valence-electron chi connectivity index (χ2n) is 2.26. The fourth-order valence-electron chi connectivity index (χ4n) is 1.03. The smallest absolute Gasteiger partial charge is 0.146 e. The van der Waals surface area contributed by atoms with Crippen LogP contribution >= 0.6 is 24.0 Å². The minimum atomic E-state index is 0. The molecular formula is C10H24INO. The topological polar surface area (TPSA) is 29.1 Å². The minimum Gasteiger partial charge on any atom is -0.307 e. The van der Waals surface area contributed by atoms with Gasteiger partial charge in [-0.05, 0) is 26.3 Å². The zero-order chi connectivity index (χ0) is 9.98. The maximum absolute atomic E-state index is 10.6. The van der Waals surface area contributed by atoms with Crippen molar-refractivity contribution in [2.75, 3.05) is 6.54 Å². The first-order chi connectivity index (χ1) is 5.80. The fraction of sp³-hybridized carbons (Fsp3) is 0.900. The number of nitrogens with one attached hydrogen (secondary N) is 1. The summed E-state index contributed by atoms with van der Waals surface area (Å²) in [6.07, 6.45) is 2.19. The van der Waals surface area contributed by atoms with E-state index in [2.05, 4.69) is 5.32 Å². The maximum Gasteiger partial charge on any atom is 0.146 e. The van der Waals surface area contributed by atoms with Gasteiger partial charge in [0.05, 0.1) is 6.04 Å². The summed E-state index contributed by atoms with van der Waals surface area (Å²) in [6.45, 7) is 10.7. The van der Waals surface area contributed by atoms with Crippen LogP contribution in [0.2, 0.25) is 0 Å². The van der Waals surface area contributed by atoms with Crippen LogP contribution in [0.1, 0.15) is 47.5 Å². The van der Waals surface area contributed by atoms with Crippen molar-refractivity contribution >= 4 is 29.8 Å². The molecule has 0 aromatic carbocycles. The number of Topliss-reactive ketones (excluding diaryl/α,β-unsaturated/α-hetero) is 1. The predicted molar refractivity (Wildman–Crippen MR) is 69.8 cm³/mol. The normalized spacial score (nSPS) is 18.4. The van der Waals surface area contributed by atoms with Crippen molar-refractivity contribution < 1.29 is 4.79 Å². The van der Waals surface area contributed by atoms with Crippen molar-refractivity contribution in [2.24, 2.45) is 0 Å². The predicted octanol–water partition coefficient (Wildman–Crippen LogP) is 3.00. The zero-order valence-electron chi connectivity index (χ0n) is 9.52. The van der Waals surface area contributed by atoms with Crippen LogP contribution in [0.25, 0.3) is 0 Å². The van der Waals surface area contributed by atoms with Gasteiger partial charge in [-0.2, -0.15) is 0 Å². The number of carbonyl (C=O) groups excluding carboxylic acids is 1. The van der Waals surface area contributed by atoms with Crippen molar-refractivity contribution in [3.63, 3.8) is 0 Å². The Hall–Kier alpha value is 0.360. The van der Waals surface area contributed by atoms with E-state index >= 15 is 0 Å². The van der Waals surface area contributed by atoms with Crippen LogP contribution < -0.4 is 5.32 Å². The molecule has 1 unspecified atom stereocenters. The van der Waals surface area contributed by atoms with Gasteiger partial charge in [0.2, 0.25) is 0 Å². The van der Waals surface area contributed by atoms with E-state index in [0.717, 1.165) is 19.4 Å². The van der Waals surface area contributed by atoms with Crippen molar-refractivity contribution in [2.45, 2.75) is 53.5 Å². The van der Waals surface area contributed by atoms with Gasteiger partial charge in [0, 0.05) is 0 Å². The molecule has 0 amide bonds. The zero-order valence-corrected chi connectivity index (χ0v) is 11.8. The van der Waals surface area contributed by atoms with Gasteiger partial charge >= 0.3 is 0 Å². The van der Waals surface area contributed by atoms with Gasteiger partial charge in [-0.3, -0.25) is 4.79 Å². The lowest BCUT2D eigenvalue weighted by atomic mass is 10.2. The number of hydrogen-bond acceptors (Lipinski definition) is 2. The maximum atomic E-state index is 10.6. The van der Waals surface area contributed by atoms with Crippen LogP contribution in [-0.4, -0.2) is 18.4 Å². The van der Waals surface area contributed by atoms with E-state index in [1.165, 1.54) is 0 Å². The average Bonchev–Trinajstić information content (AvgIpc) is 2.64. The molecule has 1 aliphatic rings. The lowest BCUT2D eigenvalue weighted by Gasteiger charge is -2.01. The van der Waals surface area contributed by atoms with Crippen LogP contribution in [0.15, 0.2) is 0 Å². The molecule has 1 N–H and O–H groups in total. The second kappa shape index (κ2) is 14.9. The molecule has 2 nitrogen and oxygen atoms in total. The summed E-state index contributed by atoms with van der Waals surface area (Å²) in [5.41, 5.74) is 0. The Bertz CT molecular complexity index is 101. The largest absolute Gasteiger partial charge is 0.307 e. The molecule has 1 saturated heterocycles. The summed E-state index contributed by atoms with van der Waals surface area (Å²) in [5, 5.41) is 3.11. The number of halogens is 1. The Morgan fingerprint density at radius 2 is 1.69 bits per heavy atom. The first-order valence-corrected chi connectivity index (χ1v) is 5.04. The summed E-state index contributed by atoms with van der Waals surface area (Å²) in [7, 11) is 0. The molecule has 0 aliphatic carbocycles. The highest BCUT2D eigenvalue weighted by Gasteiger charge is 2.17. The molecule has 0 saturated carbocycles. The van der Waals surface area contributed by atoms with Crippen molar-refractivity contribution in [3.05, 3.63) is 0 Å². The van der Waals surface area contributed by atoms with Crippen molar-refractivity contribution in [1.29, 1.82) is 0 Å². The molecule has 1 aliphatic heterocycles. The Morgan fingerprint density at radius 3 is 1.85 bits per heavy atom. The third kappa shape index (κ3) is 10.3. The Morgan fingerprint density at radius 1 is 1.23 bits per heavy atom. The molecule has 1 rings (SSSR count). The first kappa shape index (κ1) is 19.0. The van der Waals surface area contributed by atoms with Gasteiger partial charge in [0.1, 0.15) is 5.78 Å². The summed E-state index contributed by atoms with van der Waals surface area (Å²) in [4.78, 5) is 10.6. The van der Waals surface area contributed by atoms with E-state index in [0.29, 0.717) is 0 Å². The number of carbonyl (C=O) groups is 1. The molecule has 0 radical (unpaired) electrons.